The van der Waals surface area contributed by atoms with E-state index in [9.17, 15) is 14.9 Å². The predicted octanol–water partition coefficient (Wildman–Crippen LogP) is 1.86. The summed E-state index contributed by atoms with van der Waals surface area (Å²) < 4.78 is 0. The van der Waals surface area contributed by atoms with E-state index in [0.29, 0.717) is 6.54 Å². The van der Waals surface area contributed by atoms with Crippen molar-refractivity contribution in [1.29, 1.82) is 0 Å². The lowest BCUT2D eigenvalue weighted by Gasteiger charge is -2.34. The van der Waals surface area contributed by atoms with Crippen molar-refractivity contribution in [3.63, 3.8) is 0 Å². The monoisotopic (exact) mass is 383 g/mol. The number of hydrogen-bond acceptors (Lipinski definition) is 4. The highest BCUT2D eigenvalue weighted by atomic mass is 16.6. The molecule has 1 saturated heterocycles. The number of benzene rings is 2. The molecule has 28 heavy (non-hydrogen) atoms. The molecule has 148 valence electrons. The van der Waals surface area contributed by atoms with E-state index in [1.807, 2.05) is 26.0 Å². The third-order valence-electron chi connectivity index (χ3n) is 5.42. The van der Waals surface area contributed by atoms with Gasteiger partial charge in [-0.25, -0.2) is 0 Å². The summed E-state index contributed by atoms with van der Waals surface area (Å²) in [7, 11) is 0. The number of quaternary nitrogens is 1. The zero-order chi connectivity index (χ0) is 20.3. The van der Waals surface area contributed by atoms with Crippen LogP contribution >= 0.6 is 0 Å². The maximum absolute atomic E-state index is 12.5. The second-order valence-electron chi connectivity index (χ2n) is 7.46. The normalized spacial score (nSPS) is 14.8. The molecule has 0 atom stereocenters. The molecule has 0 aromatic heterocycles. The van der Waals surface area contributed by atoms with Gasteiger partial charge < -0.3 is 15.1 Å². The van der Waals surface area contributed by atoms with Crippen LogP contribution in [0.4, 0.5) is 17.1 Å². The maximum Gasteiger partial charge on any atom is 0.293 e. The third-order valence-corrected chi connectivity index (χ3v) is 5.42. The Bertz CT molecular complexity index is 889. The van der Waals surface area contributed by atoms with Crippen LogP contribution in [0.15, 0.2) is 36.4 Å². The van der Waals surface area contributed by atoms with Gasteiger partial charge in [-0.2, -0.15) is 0 Å². The molecule has 1 aliphatic heterocycles. The first-order valence-electron chi connectivity index (χ1n) is 9.55. The second-order valence-corrected chi connectivity index (χ2v) is 7.46. The van der Waals surface area contributed by atoms with Crippen LogP contribution in [0.3, 0.4) is 0 Å². The van der Waals surface area contributed by atoms with Gasteiger partial charge in [-0.15, -0.1) is 0 Å². The SMILES string of the molecule is Cc1cc(NC(=O)C[NH+]2CCN(c3ccccc3C)CC2)c([N+](=O)[O-])cc1C. The van der Waals surface area contributed by atoms with Crippen molar-refractivity contribution in [2.45, 2.75) is 20.8 Å². The Balaban J connectivity index is 1.59. The van der Waals surface area contributed by atoms with Crippen LogP contribution in [0.5, 0.6) is 0 Å². The number of nitrogens with zero attached hydrogens (tertiary/aromatic N) is 2. The number of nitro benzene ring substituents is 1. The third kappa shape index (κ3) is 4.48. The molecule has 0 bridgehead atoms. The Hall–Kier alpha value is -2.93. The summed E-state index contributed by atoms with van der Waals surface area (Å²) in [6.07, 6.45) is 0. The number of nitrogens with one attached hydrogen (secondary N) is 2. The molecule has 0 radical (unpaired) electrons. The molecule has 0 aliphatic carbocycles. The lowest BCUT2D eigenvalue weighted by molar-refractivity contribution is -0.892. The molecule has 0 spiro atoms. The Labute approximate surface area is 165 Å². The summed E-state index contributed by atoms with van der Waals surface area (Å²) in [5.74, 6) is -0.189. The number of carbonyl (C=O) groups is 1. The van der Waals surface area contributed by atoms with E-state index in [-0.39, 0.29) is 17.3 Å². The molecule has 2 aromatic carbocycles. The number of nitro groups is 1. The van der Waals surface area contributed by atoms with Gasteiger partial charge in [0.05, 0.1) is 31.1 Å². The van der Waals surface area contributed by atoms with Gasteiger partial charge in [0.15, 0.2) is 6.54 Å². The van der Waals surface area contributed by atoms with Crippen molar-refractivity contribution in [3.05, 3.63) is 63.2 Å². The van der Waals surface area contributed by atoms with Gasteiger partial charge in [-0.3, -0.25) is 14.9 Å². The molecule has 7 nitrogen and oxygen atoms in total. The van der Waals surface area contributed by atoms with Crippen LogP contribution in [0, 0.1) is 30.9 Å². The molecule has 3 rings (SSSR count). The minimum absolute atomic E-state index is 0.0594. The molecule has 1 heterocycles. The molecule has 1 amide bonds. The molecule has 2 aromatic rings. The smallest absolute Gasteiger partial charge is 0.293 e. The fourth-order valence-electron chi connectivity index (χ4n) is 3.63. The highest BCUT2D eigenvalue weighted by Crippen LogP contribution is 2.27. The molecular weight excluding hydrogens is 356 g/mol. The van der Waals surface area contributed by atoms with Crippen molar-refractivity contribution in [2.75, 3.05) is 42.9 Å². The van der Waals surface area contributed by atoms with E-state index < -0.39 is 4.92 Å². The van der Waals surface area contributed by atoms with Gasteiger partial charge in [0.2, 0.25) is 0 Å². The lowest BCUT2D eigenvalue weighted by atomic mass is 10.1. The molecule has 2 N–H and O–H groups in total. The van der Waals surface area contributed by atoms with Crippen LogP contribution in [0.25, 0.3) is 0 Å². The average molecular weight is 383 g/mol. The van der Waals surface area contributed by atoms with Crippen LogP contribution in [0.2, 0.25) is 0 Å². The standard InChI is InChI=1S/C21H26N4O3/c1-15-6-4-5-7-19(15)24-10-8-23(9-11-24)14-21(26)22-18-12-16(2)17(3)13-20(18)25(27)28/h4-7,12-13H,8-11,14H2,1-3H3,(H,22,26)/p+1. The zero-order valence-corrected chi connectivity index (χ0v) is 16.6. The molecule has 0 saturated carbocycles. The van der Waals surface area contributed by atoms with Crippen LogP contribution in [0.1, 0.15) is 16.7 Å². The number of carbonyl (C=O) groups excluding carboxylic acids is 1. The van der Waals surface area contributed by atoms with Crippen molar-refractivity contribution in [1.82, 2.24) is 0 Å². The first-order valence-corrected chi connectivity index (χ1v) is 9.55. The average Bonchev–Trinajstić information content (AvgIpc) is 2.65. The number of amides is 1. The van der Waals surface area contributed by atoms with Crippen LogP contribution in [-0.4, -0.2) is 43.6 Å². The Morgan fingerprint density at radius 2 is 1.75 bits per heavy atom. The predicted molar refractivity (Wildman–Crippen MR) is 110 cm³/mol. The summed E-state index contributed by atoms with van der Waals surface area (Å²) in [5, 5.41) is 14.0. The fourth-order valence-corrected chi connectivity index (χ4v) is 3.63. The minimum atomic E-state index is -0.449. The van der Waals surface area contributed by atoms with E-state index in [4.69, 9.17) is 0 Å². The molecule has 1 fully saturated rings. The van der Waals surface area contributed by atoms with Gasteiger partial charge in [0.25, 0.3) is 11.6 Å². The quantitative estimate of drug-likeness (QED) is 0.610. The molecular formula is C21H27N4O3+. The topological polar surface area (TPSA) is 79.9 Å². The zero-order valence-electron chi connectivity index (χ0n) is 16.6. The van der Waals surface area contributed by atoms with Gasteiger partial charge in [-0.05, 0) is 49.6 Å². The maximum atomic E-state index is 12.5. The lowest BCUT2D eigenvalue weighted by Crippen LogP contribution is -3.15. The van der Waals surface area contributed by atoms with Gasteiger partial charge in [0.1, 0.15) is 5.69 Å². The van der Waals surface area contributed by atoms with Crippen molar-refractivity contribution in [3.8, 4) is 0 Å². The molecule has 1 aliphatic rings. The number of piperazine rings is 1. The first kappa shape index (κ1) is 19.8. The highest BCUT2D eigenvalue weighted by molar-refractivity contribution is 5.94. The molecule has 7 heteroatoms. The van der Waals surface area contributed by atoms with Crippen molar-refractivity contribution >= 4 is 23.0 Å². The Kier molecular flexibility index (Phi) is 5.94. The van der Waals surface area contributed by atoms with E-state index in [1.165, 1.54) is 22.2 Å². The van der Waals surface area contributed by atoms with E-state index in [0.717, 1.165) is 37.3 Å². The summed E-state index contributed by atoms with van der Waals surface area (Å²) in [5.41, 5.74) is 4.47. The highest BCUT2D eigenvalue weighted by Gasteiger charge is 2.24. The number of hydrogen-bond donors (Lipinski definition) is 2. The number of rotatable bonds is 5. The van der Waals surface area contributed by atoms with Crippen LogP contribution < -0.4 is 15.1 Å². The summed E-state index contributed by atoms with van der Waals surface area (Å²) in [6.45, 7) is 9.61. The molecule has 0 unspecified atom stereocenters. The fraction of sp³-hybridized carbons (Fsp3) is 0.381. The summed E-state index contributed by atoms with van der Waals surface area (Å²) in [4.78, 5) is 26.9. The first-order chi connectivity index (χ1) is 13.3. The number of anilines is 2. The van der Waals surface area contributed by atoms with Gasteiger partial charge in [-0.1, -0.05) is 18.2 Å². The van der Waals surface area contributed by atoms with E-state index in [1.54, 1.807) is 6.07 Å². The number of aryl methyl sites for hydroxylation is 3. The summed E-state index contributed by atoms with van der Waals surface area (Å²) >= 11 is 0. The Morgan fingerprint density at radius 1 is 1.11 bits per heavy atom. The van der Waals surface area contributed by atoms with Gasteiger partial charge in [0, 0.05) is 11.8 Å². The van der Waals surface area contributed by atoms with Crippen molar-refractivity contribution in [2.24, 2.45) is 0 Å². The number of para-hydroxylation sites is 1. The van der Waals surface area contributed by atoms with Gasteiger partial charge >= 0.3 is 0 Å². The minimum Gasteiger partial charge on any atom is -0.360 e. The summed E-state index contributed by atoms with van der Waals surface area (Å²) in [6, 6.07) is 11.5. The van der Waals surface area contributed by atoms with Crippen LogP contribution in [-0.2, 0) is 4.79 Å². The van der Waals surface area contributed by atoms with E-state index >= 15 is 0 Å². The second kappa shape index (κ2) is 8.39. The largest absolute Gasteiger partial charge is 0.360 e. The van der Waals surface area contributed by atoms with Crippen molar-refractivity contribution < 1.29 is 14.6 Å². The van der Waals surface area contributed by atoms with E-state index in [2.05, 4.69) is 29.3 Å². The Morgan fingerprint density at radius 3 is 2.39 bits per heavy atom.